The van der Waals surface area contributed by atoms with Crippen LogP contribution in [-0.2, 0) is 9.63 Å². The molecule has 1 radical (unpaired) electrons. The van der Waals surface area contributed by atoms with Crippen LogP contribution in [0, 0.1) is 0 Å². The summed E-state index contributed by atoms with van der Waals surface area (Å²) in [5.74, 6) is -0.705. The third-order valence-corrected chi connectivity index (χ3v) is 1.15. The lowest BCUT2D eigenvalue weighted by Gasteiger charge is -1.94. The van der Waals surface area contributed by atoms with Crippen LogP contribution < -0.4 is 5.73 Å². The van der Waals surface area contributed by atoms with Crippen molar-refractivity contribution in [2.75, 3.05) is 7.11 Å². The summed E-state index contributed by atoms with van der Waals surface area (Å²) in [7, 11) is 1.30. The number of furan rings is 1. The average Bonchev–Trinajstić information content (AvgIpc) is 2.51. The van der Waals surface area contributed by atoms with Gasteiger partial charge in [-0.2, -0.15) is 0 Å². The van der Waals surface area contributed by atoms with Crippen molar-refractivity contribution in [3.63, 3.8) is 0 Å². The number of nitrogens with zero attached hydrogens (tertiary/aromatic N) is 1. The Morgan fingerprint density at radius 3 is 2.92 bits per heavy atom. The number of oxime groups is 1. The van der Waals surface area contributed by atoms with Crippen LogP contribution in [0.3, 0.4) is 0 Å². The molecular formula is C7H7N2O3. The summed E-state index contributed by atoms with van der Waals surface area (Å²) in [5.41, 5.74) is 6.67. The second-order valence-corrected chi connectivity index (χ2v) is 1.93. The maximum Gasteiger partial charge on any atom is 0.295 e. The molecule has 0 spiro atoms. The molecule has 5 heteroatoms. The number of hydrogen-bond acceptors (Lipinski definition) is 4. The van der Waals surface area contributed by atoms with Crippen molar-refractivity contribution in [2.45, 2.75) is 0 Å². The molecule has 1 aromatic rings. The predicted molar refractivity (Wildman–Crippen MR) is 40.4 cm³/mol. The molecule has 0 aliphatic rings. The summed E-state index contributed by atoms with van der Waals surface area (Å²) in [6.45, 7) is 0. The van der Waals surface area contributed by atoms with E-state index in [1.54, 1.807) is 6.07 Å². The molecule has 1 amide bonds. The first-order valence-electron chi connectivity index (χ1n) is 3.16. The Bertz CT molecular complexity index is 290. The maximum absolute atomic E-state index is 10.6. The molecule has 0 saturated carbocycles. The highest BCUT2D eigenvalue weighted by Gasteiger charge is 2.14. The van der Waals surface area contributed by atoms with Crippen LogP contribution in [0.2, 0.25) is 0 Å². The number of amides is 1. The summed E-state index contributed by atoms with van der Waals surface area (Å²) >= 11 is 0. The Morgan fingerprint density at radius 1 is 1.75 bits per heavy atom. The van der Waals surface area contributed by atoms with E-state index < -0.39 is 5.91 Å². The van der Waals surface area contributed by atoms with Crippen LogP contribution >= 0.6 is 0 Å². The SMILES string of the molecule is CON=C(C([NH])=O)c1ccco1. The first-order valence-corrected chi connectivity index (χ1v) is 3.16. The molecule has 1 N–H and O–H groups in total. The van der Waals surface area contributed by atoms with Gasteiger partial charge in [0.1, 0.15) is 7.11 Å². The molecular weight excluding hydrogens is 160 g/mol. The molecule has 1 rings (SSSR count). The number of hydrogen-bond donors (Lipinski definition) is 0. The lowest BCUT2D eigenvalue weighted by molar-refractivity contribution is -0.112. The zero-order chi connectivity index (χ0) is 8.97. The normalized spacial score (nSPS) is 11.2. The van der Waals surface area contributed by atoms with Gasteiger partial charge in [0.15, 0.2) is 5.76 Å². The molecule has 0 aliphatic heterocycles. The first kappa shape index (κ1) is 8.32. The van der Waals surface area contributed by atoms with Crippen molar-refractivity contribution in [1.82, 2.24) is 5.73 Å². The van der Waals surface area contributed by atoms with Crippen LogP contribution in [0.5, 0.6) is 0 Å². The molecule has 0 aromatic carbocycles. The molecule has 5 nitrogen and oxygen atoms in total. The van der Waals surface area contributed by atoms with Crippen molar-refractivity contribution in [3.05, 3.63) is 24.2 Å². The van der Waals surface area contributed by atoms with E-state index in [4.69, 9.17) is 10.2 Å². The standard InChI is InChI=1S/C7H7N2O3/c1-11-9-6(7(8)10)5-3-2-4-12-5/h2-4,8H,1H3. The van der Waals surface area contributed by atoms with E-state index in [-0.39, 0.29) is 11.5 Å². The zero-order valence-corrected chi connectivity index (χ0v) is 6.40. The average molecular weight is 167 g/mol. The highest BCUT2D eigenvalue weighted by molar-refractivity contribution is 6.43. The fourth-order valence-electron chi connectivity index (χ4n) is 0.703. The number of carbonyl (C=O) groups is 1. The molecule has 1 aromatic heterocycles. The summed E-state index contributed by atoms with van der Waals surface area (Å²) in [4.78, 5) is 15.0. The molecule has 63 valence electrons. The summed E-state index contributed by atoms with van der Waals surface area (Å²) in [6.07, 6.45) is 1.39. The Labute approximate surface area is 68.8 Å². The summed E-state index contributed by atoms with van der Waals surface area (Å²) in [5, 5.41) is 3.35. The summed E-state index contributed by atoms with van der Waals surface area (Å²) < 4.78 is 4.86. The third-order valence-electron chi connectivity index (χ3n) is 1.15. The predicted octanol–water partition coefficient (Wildman–Crippen LogP) is 0.440. The van der Waals surface area contributed by atoms with E-state index in [9.17, 15) is 4.79 Å². The highest BCUT2D eigenvalue weighted by atomic mass is 16.6. The number of rotatable bonds is 3. The monoisotopic (exact) mass is 167 g/mol. The highest BCUT2D eigenvalue weighted by Crippen LogP contribution is 2.02. The Hall–Kier alpha value is -1.78. The van der Waals surface area contributed by atoms with Crippen LogP contribution in [0.1, 0.15) is 5.76 Å². The van der Waals surface area contributed by atoms with Gasteiger partial charge in [-0.15, -0.1) is 0 Å². The van der Waals surface area contributed by atoms with Gasteiger partial charge in [0, 0.05) is 0 Å². The van der Waals surface area contributed by atoms with Gasteiger partial charge in [0.05, 0.1) is 6.26 Å². The van der Waals surface area contributed by atoms with E-state index >= 15 is 0 Å². The lowest BCUT2D eigenvalue weighted by Crippen LogP contribution is -2.15. The number of nitrogens with one attached hydrogen (secondary N) is 1. The quantitative estimate of drug-likeness (QED) is 0.484. The maximum atomic E-state index is 10.6. The molecule has 0 unspecified atom stereocenters. The van der Waals surface area contributed by atoms with Gasteiger partial charge in [0.2, 0.25) is 5.71 Å². The zero-order valence-electron chi connectivity index (χ0n) is 6.40. The first-order chi connectivity index (χ1) is 5.75. The van der Waals surface area contributed by atoms with Crippen LogP contribution in [0.25, 0.3) is 0 Å². The minimum Gasteiger partial charge on any atom is -0.462 e. The van der Waals surface area contributed by atoms with Gasteiger partial charge >= 0.3 is 0 Å². The van der Waals surface area contributed by atoms with Crippen LogP contribution in [0.4, 0.5) is 0 Å². The second kappa shape index (κ2) is 3.56. The lowest BCUT2D eigenvalue weighted by atomic mass is 10.3. The van der Waals surface area contributed by atoms with Crippen molar-refractivity contribution < 1.29 is 14.0 Å². The molecule has 0 aliphatic carbocycles. The van der Waals surface area contributed by atoms with E-state index in [1.165, 1.54) is 19.4 Å². The fourth-order valence-corrected chi connectivity index (χ4v) is 0.703. The minimum atomic E-state index is -0.938. The third kappa shape index (κ3) is 1.63. The van der Waals surface area contributed by atoms with Crippen LogP contribution in [-0.4, -0.2) is 18.7 Å². The van der Waals surface area contributed by atoms with Gasteiger partial charge in [-0.25, -0.2) is 0 Å². The minimum absolute atomic E-state index is 0.137. The Kier molecular flexibility index (Phi) is 2.47. The smallest absolute Gasteiger partial charge is 0.295 e. The van der Waals surface area contributed by atoms with Gasteiger partial charge < -0.3 is 9.25 Å². The molecule has 0 atom stereocenters. The molecule has 0 saturated heterocycles. The van der Waals surface area contributed by atoms with Gasteiger partial charge in [-0.05, 0) is 12.1 Å². The van der Waals surface area contributed by atoms with E-state index in [0.717, 1.165) is 0 Å². The summed E-state index contributed by atoms with van der Waals surface area (Å²) in [6, 6.07) is 3.13. The molecule has 1 heterocycles. The largest absolute Gasteiger partial charge is 0.462 e. The Balaban J connectivity index is 2.96. The van der Waals surface area contributed by atoms with E-state index in [1.807, 2.05) is 0 Å². The van der Waals surface area contributed by atoms with Crippen molar-refractivity contribution in [1.29, 1.82) is 0 Å². The van der Waals surface area contributed by atoms with E-state index in [2.05, 4.69) is 9.99 Å². The van der Waals surface area contributed by atoms with Crippen molar-refractivity contribution >= 4 is 11.6 Å². The fraction of sp³-hybridized carbons (Fsp3) is 0.143. The van der Waals surface area contributed by atoms with Crippen LogP contribution in [0.15, 0.2) is 28.0 Å². The van der Waals surface area contributed by atoms with Gasteiger partial charge in [-0.1, -0.05) is 5.16 Å². The molecule has 0 bridgehead atoms. The Morgan fingerprint density at radius 2 is 2.50 bits per heavy atom. The second-order valence-electron chi connectivity index (χ2n) is 1.93. The topological polar surface area (TPSA) is 75.6 Å². The molecule has 12 heavy (non-hydrogen) atoms. The van der Waals surface area contributed by atoms with E-state index in [0.29, 0.717) is 0 Å². The molecule has 0 fully saturated rings. The van der Waals surface area contributed by atoms with Gasteiger partial charge in [0.25, 0.3) is 5.91 Å². The van der Waals surface area contributed by atoms with Gasteiger partial charge in [-0.3, -0.25) is 10.5 Å². The van der Waals surface area contributed by atoms with Crippen molar-refractivity contribution in [2.24, 2.45) is 5.16 Å². The number of carbonyl (C=O) groups excluding carboxylic acids is 1. The van der Waals surface area contributed by atoms with Crippen molar-refractivity contribution in [3.8, 4) is 0 Å².